The van der Waals surface area contributed by atoms with Crippen LogP contribution in [0.5, 0.6) is 11.5 Å². The van der Waals surface area contributed by atoms with Gasteiger partial charge < -0.3 is 59.3 Å². The van der Waals surface area contributed by atoms with Gasteiger partial charge in [-0.05, 0) is 46.9 Å². The third-order valence-electron chi connectivity index (χ3n) is 13.7. The summed E-state index contributed by atoms with van der Waals surface area (Å²) in [4.78, 5) is 51.8. The Hall–Kier alpha value is -5.52. The smallest absolute Gasteiger partial charge is 0.307 e. The number of allylic oxidation sites excluding steroid dienone is 2. The van der Waals surface area contributed by atoms with Crippen LogP contribution in [0.4, 0.5) is 11.4 Å². The third kappa shape index (κ3) is 8.10. The minimum Gasteiger partial charge on any atom is -0.507 e. The number of fused-ring (bicyclic) bond motifs is 2. The van der Waals surface area contributed by atoms with Gasteiger partial charge in [-0.2, -0.15) is 0 Å². The minimum atomic E-state index is -1.95. The summed E-state index contributed by atoms with van der Waals surface area (Å²) < 4.78 is 24.5. The van der Waals surface area contributed by atoms with Crippen LogP contribution in [0, 0.1) is 30.6 Å². The summed E-state index contributed by atoms with van der Waals surface area (Å²) in [7, 11) is 5.53. The molecule has 1 fully saturated rings. The van der Waals surface area contributed by atoms with Crippen molar-refractivity contribution < 1.29 is 49.0 Å². The molecule has 3 aromatic carbocycles. The maximum absolute atomic E-state index is 14.8. The van der Waals surface area contributed by atoms with Gasteiger partial charge in [0.1, 0.15) is 22.7 Å². The first-order valence-corrected chi connectivity index (χ1v) is 21.8. The first-order valence-electron chi connectivity index (χ1n) is 21.8. The summed E-state index contributed by atoms with van der Waals surface area (Å²) in [5.41, 5.74) is -1.25. The number of hydrogen-bond acceptors (Lipinski definition) is 15. The summed E-state index contributed by atoms with van der Waals surface area (Å²) in [6.07, 6.45) is 5.24. The maximum Gasteiger partial charge on any atom is 0.307 e. The molecule has 0 radical (unpaired) electrons. The zero-order valence-corrected chi connectivity index (χ0v) is 38.0. The lowest BCUT2D eigenvalue weighted by Gasteiger charge is -2.36. The Labute approximate surface area is 370 Å². The number of anilines is 2. The number of nitrogens with one attached hydrogen (secondary N) is 1. The lowest BCUT2D eigenvalue weighted by atomic mass is 9.78. The van der Waals surface area contributed by atoms with Crippen molar-refractivity contribution in [3.05, 3.63) is 79.5 Å². The molecule has 0 aliphatic carbocycles. The van der Waals surface area contributed by atoms with Gasteiger partial charge in [0.15, 0.2) is 22.4 Å². The first kappa shape index (κ1) is 46.5. The Bertz CT molecular complexity index is 2760. The number of benzene rings is 3. The number of nitrogens with zero attached hydrogens (tertiary/aromatic N) is 3. The number of amides is 1. The second-order valence-electron chi connectivity index (χ2n) is 18.1. The molecule has 16 heteroatoms. The van der Waals surface area contributed by atoms with E-state index >= 15 is 0 Å². The van der Waals surface area contributed by atoms with E-state index in [-0.39, 0.29) is 60.8 Å². The van der Waals surface area contributed by atoms with Gasteiger partial charge in [0.2, 0.25) is 10.9 Å². The third-order valence-corrected chi connectivity index (χ3v) is 13.7. The molecule has 344 valence electrons. The Kier molecular flexibility index (Phi) is 12.9. The van der Waals surface area contributed by atoms with Crippen molar-refractivity contribution in [2.24, 2.45) is 23.7 Å². The fourth-order valence-electron chi connectivity index (χ4n) is 9.31. The molecule has 4 heterocycles. The molecule has 0 unspecified atom stereocenters. The van der Waals surface area contributed by atoms with E-state index in [4.69, 9.17) is 23.6 Å². The number of aromatic hydroxyl groups is 1. The molecule has 3 aliphatic rings. The average molecular weight is 885 g/mol. The van der Waals surface area contributed by atoms with Gasteiger partial charge in [-0.15, -0.1) is 0 Å². The van der Waals surface area contributed by atoms with E-state index in [0.29, 0.717) is 24.8 Å². The molecule has 0 saturated carbocycles. The first-order chi connectivity index (χ1) is 30.2. The number of carbonyl (C=O) groups is 1. The molecule has 4 bridgehead atoms. The normalized spacial score (nSPS) is 28.9. The van der Waals surface area contributed by atoms with Crippen molar-refractivity contribution in [2.45, 2.75) is 97.6 Å². The van der Waals surface area contributed by atoms with Gasteiger partial charge in [0.25, 0.3) is 5.91 Å². The highest BCUT2D eigenvalue weighted by Crippen LogP contribution is 2.42. The van der Waals surface area contributed by atoms with Crippen LogP contribution < -0.4 is 31.0 Å². The predicted molar refractivity (Wildman–Crippen MR) is 244 cm³/mol. The molecule has 7 rings (SSSR count). The molecule has 9 atom stereocenters. The van der Waals surface area contributed by atoms with Gasteiger partial charge in [-0.3, -0.25) is 14.4 Å². The molecule has 1 saturated heterocycles. The summed E-state index contributed by atoms with van der Waals surface area (Å²) in [6.45, 7) is 12.7. The van der Waals surface area contributed by atoms with Gasteiger partial charge >= 0.3 is 5.79 Å². The van der Waals surface area contributed by atoms with Gasteiger partial charge in [-0.1, -0.05) is 45.9 Å². The largest absolute Gasteiger partial charge is 0.507 e. The summed E-state index contributed by atoms with van der Waals surface area (Å²) >= 11 is 0. The van der Waals surface area contributed by atoms with Crippen LogP contribution in [-0.4, -0.2) is 112 Å². The number of aliphatic hydroxyl groups is 4. The molecule has 1 aromatic heterocycles. The van der Waals surface area contributed by atoms with E-state index in [1.165, 1.54) is 52.4 Å². The number of phenols is 1. The number of ether oxygens (including phenoxy) is 3. The number of aliphatic hydroxyl groups excluding tert-OH is 4. The van der Waals surface area contributed by atoms with Crippen LogP contribution in [0.1, 0.15) is 59.9 Å². The number of aromatic nitrogens is 1. The van der Waals surface area contributed by atoms with Crippen molar-refractivity contribution >= 4 is 56.0 Å². The topological polar surface area (TPSA) is 225 Å². The fraction of sp³-hybridized carbons (Fsp3) is 0.500. The molecule has 64 heavy (non-hydrogen) atoms. The van der Waals surface area contributed by atoms with Crippen LogP contribution >= 0.6 is 0 Å². The van der Waals surface area contributed by atoms with E-state index in [1.807, 2.05) is 14.1 Å². The number of methoxy groups -OCH3 is 1. The molecule has 1 amide bonds. The zero-order chi connectivity index (χ0) is 46.7. The standard InChI is InChI=1S/C48H60N4O12/c1-22-12-11-13-23(2)47(60)50-38-43(58)34-33(37-45(38)63-32-21-29(20-30(53)36(32)49-37)52-17-14-28(15-18-52)51(8)9)35-44(27(6)42(34)57)64-48(7,46(35)59)62-19-16-31(61-10)24(3)40(55)26(5)41(56)25(4)39(22)54/h11-13,16,19-22,24-26,28,31,39-41,54-57,59H,14-15,17-18H2,1-10H3,(H,50,60)/t22-,24+,25+,26-,31-,39-,40+,41+,48-/m0/s1. The Morgan fingerprint density at radius 3 is 2.22 bits per heavy atom. The highest BCUT2D eigenvalue weighted by molar-refractivity contribution is 6.16. The molecule has 16 nitrogen and oxygen atoms in total. The number of piperidine rings is 1. The van der Waals surface area contributed by atoms with E-state index in [2.05, 4.69) is 15.1 Å². The van der Waals surface area contributed by atoms with Gasteiger partial charge in [0.05, 0.1) is 41.3 Å². The zero-order valence-electron chi connectivity index (χ0n) is 38.0. The van der Waals surface area contributed by atoms with Crippen molar-refractivity contribution in [1.29, 1.82) is 0 Å². The van der Waals surface area contributed by atoms with Crippen molar-refractivity contribution in [2.75, 3.05) is 44.5 Å². The van der Waals surface area contributed by atoms with Crippen molar-refractivity contribution in [1.82, 2.24) is 9.88 Å². The summed E-state index contributed by atoms with van der Waals surface area (Å²) in [5, 5.41) is 60.2. The second-order valence-corrected chi connectivity index (χ2v) is 18.1. The van der Waals surface area contributed by atoms with E-state index in [0.717, 1.165) is 12.8 Å². The molecular formula is C48H60N4O12. The summed E-state index contributed by atoms with van der Waals surface area (Å²) in [5.74, 6) is -6.19. The van der Waals surface area contributed by atoms with Gasteiger partial charge in [0, 0.05) is 91.2 Å². The maximum atomic E-state index is 14.8. The molecular weight excluding hydrogens is 825 g/mol. The van der Waals surface area contributed by atoms with Crippen LogP contribution in [-0.2, 0) is 14.3 Å². The minimum absolute atomic E-state index is 0.0341. The van der Waals surface area contributed by atoms with Crippen molar-refractivity contribution in [3.63, 3.8) is 0 Å². The van der Waals surface area contributed by atoms with Gasteiger partial charge in [-0.25, -0.2) is 4.98 Å². The van der Waals surface area contributed by atoms with E-state index in [9.17, 15) is 39.9 Å². The molecule has 4 aromatic rings. The molecule has 3 aliphatic heterocycles. The predicted octanol–water partition coefficient (Wildman–Crippen LogP) is 4.52. The SMILES string of the molecule is CO[C@H]1C=CO[C@@]2(C)Oc3c(C)c(O)c4c(=O)c(c5oc6cc(N7CCC(N(C)C)CC7)cc(=O)c6nc5c4c3=C2O)NC(=O)C(C)=CC=C[C@H](C)[C@H](O)[C@@H](C)[C@@H](O)[C@@H](C)[C@H](O)[C@@H]1C. The van der Waals surface area contributed by atoms with Crippen LogP contribution in [0.2, 0.25) is 0 Å². The lowest BCUT2D eigenvalue weighted by Crippen LogP contribution is -2.44. The lowest BCUT2D eigenvalue weighted by molar-refractivity contribution is -0.112. The Morgan fingerprint density at radius 2 is 1.56 bits per heavy atom. The quantitative estimate of drug-likeness (QED) is 0.123. The average Bonchev–Trinajstić information content (AvgIpc) is 3.54. The van der Waals surface area contributed by atoms with E-state index < -0.39 is 82.1 Å². The van der Waals surface area contributed by atoms with E-state index in [1.54, 1.807) is 45.9 Å². The second kappa shape index (κ2) is 17.8. The number of phenolic OH excluding ortho intramolecular Hbond substituents is 1. The number of carbonyl (C=O) groups excluding carboxylic acids is 1. The number of hydrogen-bond donors (Lipinski definition) is 6. The highest BCUT2D eigenvalue weighted by atomic mass is 16.7. The Balaban J connectivity index is 1.47. The summed E-state index contributed by atoms with van der Waals surface area (Å²) in [6, 6.07) is 3.55. The molecule has 6 N–H and O–H groups in total. The van der Waals surface area contributed by atoms with Crippen LogP contribution in [0.3, 0.4) is 0 Å². The molecule has 0 spiro atoms. The monoisotopic (exact) mass is 884 g/mol. The van der Waals surface area contributed by atoms with Crippen molar-refractivity contribution in [3.8, 4) is 11.5 Å². The Morgan fingerprint density at radius 1 is 0.906 bits per heavy atom. The van der Waals surface area contributed by atoms with Crippen LogP contribution in [0.25, 0.3) is 38.7 Å². The highest BCUT2D eigenvalue weighted by Gasteiger charge is 2.44. The number of rotatable bonds is 3. The fourth-order valence-corrected chi connectivity index (χ4v) is 9.31. The van der Waals surface area contributed by atoms with Crippen LogP contribution in [0.15, 0.2) is 62.3 Å².